The lowest BCUT2D eigenvalue weighted by Gasteiger charge is -2.22. The van der Waals surface area contributed by atoms with Crippen molar-refractivity contribution in [3.63, 3.8) is 0 Å². The van der Waals surface area contributed by atoms with E-state index in [1.54, 1.807) is 25.6 Å². The van der Waals surface area contributed by atoms with Crippen molar-refractivity contribution in [2.24, 2.45) is 7.05 Å². The zero-order chi connectivity index (χ0) is 15.4. The van der Waals surface area contributed by atoms with Crippen LogP contribution in [-0.4, -0.2) is 70.3 Å². The van der Waals surface area contributed by atoms with Crippen molar-refractivity contribution in [3.8, 4) is 0 Å². The van der Waals surface area contributed by atoms with Crippen LogP contribution in [0.25, 0.3) is 0 Å². The summed E-state index contributed by atoms with van der Waals surface area (Å²) in [5, 5.41) is 13.2. The Bertz CT molecular complexity index is 508. The molecule has 7 heteroatoms. The molecule has 1 heterocycles. The maximum absolute atomic E-state index is 12.5. The van der Waals surface area contributed by atoms with Gasteiger partial charge in [-0.25, -0.2) is 0 Å². The minimum Gasteiger partial charge on any atom is -0.480 e. The number of likely N-dealkylation sites (N-methyl/N-ethyl adjacent to an activating group) is 1. The summed E-state index contributed by atoms with van der Waals surface area (Å²) in [6.45, 7) is 4.23. The smallest absolute Gasteiger partial charge is 0.323 e. The van der Waals surface area contributed by atoms with E-state index >= 15 is 0 Å². The number of carbonyl (C=O) groups excluding carboxylic acids is 1. The van der Waals surface area contributed by atoms with Gasteiger partial charge in [-0.3, -0.25) is 14.3 Å². The second kappa shape index (κ2) is 6.51. The van der Waals surface area contributed by atoms with Crippen LogP contribution < -0.4 is 0 Å². The third-order valence-electron chi connectivity index (χ3n) is 3.15. The number of carboxylic acids is 1. The molecule has 0 aliphatic heterocycles. The molecule has 0 spiro atoms. The van der Waals surface area contributed by atoms with Crippen LogP contribution in [0, 0.1) is 13.8 Å². The van der Waals surface area contributed by atoms with Crippen LogP contribution >= 0.6 is 0 Å². The summed E-state index contributed by atoms with van der Waals surface area (Å²) in [6.07, 6.45) is 0. The van der Waals surface area contributed by atoms with Gasteiger partial charge in [0.25, 0.3) is 5.91 Å². The summed E-state index contributed by atoms with van der Waals surface area (Å²) in [7, 11) is 5.52. The normalized spacial score (nSPS) is 10.9. The molecule has 112 valence electrons. The van der Waals surface area contributed by atoms with Gasteiger partial charge in [-0.15, -0.1) is 0 Å². The maximum atomic E-state index is 12.5. The summed E-state index contributed by atoms with van der Waals surface area (Å²) in [4.78, 5) is 26.7. The topological polar surface area (TPSA) is 78.7 Å². The molecule has 0 saturated carbocycles. The number of rotatable bonds is 6. The van der Waals surface area contributed by atoms with Crippen molar-refractivity contribution in [1.29, 1.82) is 0 Å². The summed E-state index contributed by atoms with van der Waals surface area (Å²) in [5.41, 5.74) is 1.86. The lowest BCUT2D eigenvalue weighted by Crippen LogP contribution is -2.40. The van der Waals surface area contributed by atoms with Crippen LogP contribution in [0.2, 0.25) is 0 Å². The van der Waals surface area contributed by atoms with Crippen molar-refractivity contribution < 1.29 is 14.7 Å². The average Bonchev–Trinajstić information content (AvgIpc) is 2.57. The Labute approximate surface area is 118 Å². The fourth-order valence-electron chi connectivity index (χ4n) is 1.98. The van der Waals surface area contributed by atoms with E-state index in [0.29, 0.717) is 24.3 Å². The van der Waals surface area contributed by atoms with Gasteiger partial charge in [0.05, 0.1) is 11.3 Å². The Morgan fingerprint density at radius 3 is 2.25 bits per heavy atom. The first-order chi connectivity index (χ1) is 9.23. The second-order valence-corrected chi connectivity index (χ2v) is 5.09. The van der Waals surface area contributed by atoms with Gasteiger partial charge in [0, 0.05) is 25.8 Å². The zero-order valence-corrected chi connectivity index (χ0v) is 12.7. The fourth-order valence-corrected chi connectivity index (χ4v) is 1.98. The molecular formula is C13H22N4O3. The largest absolute Gasteiger partial charge is 0.480 e. The van der Waals surface area contributed by atoms with Crippen molar-refractivity contribution in [3.05, 3.63) is 17.0 Å². The molecule has 20 heavy (non-hydrogen) atoms. The zero-order valence-electron chi connectivity index (χ0n) is 12.7. The summed E-state index contributed by atoms with van der Waals surface area (Å²) in [6, 6.07) is 0. The molecule has 0 aliphatic rings. The minimum atomic E-state index is -1.02. The maximum Gasteiger partial charge on any atom is 0.323 e. The van der Waals surface area contributed by atoms with E-state index in [2.05, 4.69) is 5.10 Å². The third-order valence-corrected chi connectivity index (χ3v) is 3.15. The Morgan fingerprint density at radius 2 is 1.85 bits per heavy atom. The first kappa shape index (κ1) is 16.2. The Balaban J connectivity index is 3.00. The Kier molecular flexibility index (Phi) is 5.26. The summed E-state index contributed by atoms with van der Waals surface area (Å²) >= 11 is 0. The molecule has 0 radical (unpaired) electrons. The van der Waals surface area contributed by atoms with Gasteiger partial charge >= 0.3 is 5.97 Å². The molecule has 0 saturated heterocycles. The molecular weight excluding hydrogens is 260 g/mol. The lowest BCUT2D eigenvalue weighted by molar-refractivity contribution is -0.137. The molecule has 0 bridgehead atoms. The van der Waals surface area contributed by atoms with Crippen molar-refractivity contribution in [2.45, 2.75) is 13.8 Å². The SMILES string of the molecule is Cc1nn(C)c(C)c1C(=O)N(CCN(C)C)CC(=O)O. The van der Waals surface area contributed by atoms with Crippen molar-refractivity contribution in [2.75, 3.05) is 33.7 Å². The highest BCUT2D eigenvalue weighted by molar-refractivity contribution is 5.97. The second-order valence-electron chi connectivity index (χ2n) is 5.09. The predicted octanol–water partition coefficient (Wildman–Crippen LogP) is 0.125. The van der Waals surface area contributed by atoms with Crippen LogP contribution in [-0.2, 0) is 11.8 Å². The number of aliphatic carboxylic acids is 1. The molecule has 1 rings (SSSR count). The quantitative estimate of drug-likeness (QED) is 0.802. The van der Waals surface area contributed by atoms with Crippen LogP contribution in [0.15, 0.2) is 0 Å². The summed E-state index contributed by atoms with van der Waals surface area (Å²) < 4.78 is 1.63. The fraction of sp³-hybridized carbons (Fsp3) is 0.615. The number of nitrogens with zero attached hydrogens (tertiary/aromatic N) is 4. The van der Waals surface area contributed by atoms with Gasteiger partial charge in [0.2, 0.25) is 0 Å². The Morgan fingerprint density at radius 1 is 1.25 bits per heavy atom. The number of aryl methyl sites for hydroxylation is 2. The number of carbonyl (C=O) groups is 2. The van der Waals surface area contributed by atoms with Gasteiger partial charge in [-0.1, -0.05) is 0 Å². The van der Waals surface area contributed by atoms with Crippen molar-refractivity contribution >= 4 is 11.9 Å². The highest BCUT2D eigenvalue weighted by atomic mass is 16.4. The average molecular weight is 282 g/mol. The van der Waals surface area contributed by atoms with Crippen molar-refractivity contribution in [1.82, 2.24) is 19.6 Å². The van der Waals surface area contributed by atoms with E-state index in [1.165, 1.54) is 4.90 Å². The molecule has 0 fully saturated rings. The van der Waals surface area contributed by atoms with Crippen LogP contribution in [0.5, 0.6) is 0 Å². The molecule has 1 N–H and O–H groups in total. The van der Waals surface area contributed by atoms with Gasteiger partial charge in [-0.2, -0.15) is 5.10 Å². The standard InChI is InChI=1S/C13H22N4O3/c1-9-12(10(2)16(5)14-9)13(20)17(8-11(18)19)7-6-15(3)4/h6-8H2,1-5H3,(H,18,19). The number of hydrogen-bond donors (Lipinski definition) is 1. The lowest BCUT2D eigenvalue weighted by atomic mass is 10.1. The van der Waals surface area contributed by atoms with Gasteiger partial charge < -0.3 is 14.9 Å². The van der Waals surface area contributed by atoms with Crippen LogP contribution in [0.3, 0.4) is 0 Å². The number of aromatic nitrogens is 2. The minimum absolute atomic E-state index is 0.280. The monoisotopic (exact) mass is 282 g/mol. The first-order valence-electron chi connectivity index (χ1n) is 6.40. The number of amides is 1. The first-order valence-corrected chi connectivity index (χ1v) is 6.40. The highest BCUT2D eigenvalue weighted by Crippen LogP contribution is 2.14. The van der Waals surface area contributed by atoms with Crippen LogP contribution in [0.1, 0.15) is 21.7 Å². The summed E-state index contributed by atoms with van der Waals surface area (Å²) in [5.74, 6) is -1.30. The molecule has 0 atom stereocenters. The molecule has 1 aromatic rings. The molecule has 0 aliphatic carbocycles. The van der Waals surface area contributed by atoms with E-state index in [9.17, 15) is 9.59 Å². The van der Waals surface area contributed by atoms with Crippen LogP contribution in [0.4, 0.5) is 0 Å². The predicted molar refractivity (Wildman–Crippen MR) is 74.8 cm³/mol. The molecule has 1 amide bonds. The van der Waals surface area contributed by atoms with Gasteiger partial charge in [0.1, 0.15) is 6.54 Å². The highest BCUT2D eigenvalue weighted by Gasteiger charge is 2.24. The van der Waals surface area contributed by atoms with E-state index in [4.69, 9.17) is 5.11 Å². The van der Waals surface area contributed by atoms with Gasteiger partial charge in [0.15, 0.2) is 0 Å². The molecule has 0 aromatic carbocycles. The Hall–Kier alpha value is -1.89. The third kappa shape index (κ3) is 3.80. The van der Waals surface area contributed by atoms with E-state index < -0.39 is 5.97 Å². The molecule has 0 unspecified atom stereocenters. The van der Waals surface area contributed by atoms with E-state index in [1.807, 2.05) is 19.0 Å². The molecule has 7 nitrogen and oxygen atoms in total. The number of hydrogen-bond acceptors (Lipinski definition) is 4. The van der Waals surface area contributed by atoms with Gasteiger partial charge in [-0.05, 0) is 27.9 Å². The number of carboxylic acid groups (broad SMARTS) is 1. The molecule has 1 aromatic heterocycles. The van der Waals surface area contributed by atoms with E-state index in [-0.39, 0.29) is 12.5 Å². The van der Waals surface area contributed by atoms with E-state index in [0.717, 1.165) is 5.69 Å².